The Balaban J connectivity index is 2.31. The Labute approximate surface area is 149 Å². The molecule has 126 valence electrons. The molecule has 0 saturated carbocycles. The van der Waals surface area contributed by atoms with Crippen LogP contribution in [0.1, 0.15) is 10.4 Å². The first kappa shape index (κ1) is 18.3. The van der Waals surface area contributed by atoms with Gasteiger partial charge in [0.25, 0.3) is 5.91 Å². The number of amides is 1. The quantitative estimate of drug-likeness (QED) is 0.797. The first-order valence-corrected chi connectivity index (χ1v) is 7.86. The Morgan fingerprint density at radius 1 is 1.12 bits per heavy atom. The molecular formula is C17H16Cl2N2O3. The molecule has 0 aliphatic carbocycles. The van der Waals surface area contributed by atoms with Crippen molar-refractivity contribution in [3.05, 3.63) is 58.1 Å². The summed E-state index contributed by atoms with van der Waals surface area (Å²) in [6, 6.07) is 11.8. The highest BCUT2D eigenvalue weighted by molar-refractivity contribution is 6.40. The Hall–Kier alpha value is -2.08. The molecule has 0 radical (unpaired) electrons. The summed E-state index contributed by atoms with van der Waals surface area (Å²) in [5, 5.41) is 2.83. The number of ether oxygens (including phenoxy) is 1. The van der Waals surface area contributed by atoms with Gasteiger partial charge in [0.05, 0.1) is 22.7 Å². The van der Waals surface area contributed by atoms with Crippen molar-refractivity contribution in [2.24, 2.45) is 5.73 Å². The summed E-state index contributed by atoms with van der Waals surface area (Å²) in [6.45, 7) is -0.101. The number of benzene rings is 2. The molecule has 2 aromatic carbocycles. The zero-order valence-corrected chi connectivity index (χ0v) is 14.4. The highest BCUT2D eigenvalue weighted by Crippen LogP contribution is 2.31. The van der Waals surface area contributed by atoms with Crippen LogP contribution in [0.3, 0.4) is 0 Å². The number of carbonyl (C=O) groups is 2. The van der Waals surface area contributed by atoms with E-state index in [1.807, 2.05) is 30.3 Å². The van der Waals surface area contributed by atoms with Crippen molar-refractivity contribution in [3.63, 3.8) is 0 Å². The number of carbonyl (C=O) groups excluding carboxylic acids is 2. The molecule has 0 saturated heterocycles. The topological polar surface area (TPSA) is 81.4 Å². The normalized spacial score (nSPS) is 11.7. The van der Waals surface area contributed by atoms with Crippen LogP contribution in [0.2, 0.25) is 10.0 Å². The molecule has 0 spiro atoms. The summed E-state index contributed by atoms with van der Waals surface area (Å²) in [6.07, 6.45) is 0. The zero-order chi connectivity index (χ0) is 17.7. The van der Waals surface area contributed by atoms with Crippen molar-refractivity contribution in [2.45, 2.75) is 6.04 Å². The number of esters is 1. The lowest BCUT2D eigenvalue weighted by molar-refractivity contribution is -0.142. The van der Waals surface area contributed by atoms with Gasteiger partial charge in [-0.1, -0.05) is 53.5 Å². The van der Waals surface area contributed by atoms with Gasteiger partial charge in [-0.2, -0.15) is 0 Å². The summed E-state index contributed by atoms with van der Waals surface area (Å²) >= 11 is 12.5. The maximum absolute atomic E-state index is 12.4. The zero-order valence-electron chi connectivity index (χ0n) is 12.9. The summed E-state index contributed by atoms with van der Waals surface area (Å²) in [7, 11) is 1.21. The molecule has 1 unspecified atom stereocenters. The first-order valence-electron chi connectivity index (χ1n) is 7.11. The SMILES string of the molecule is COC(=O)C(CN)NC(=O)c1c(Cl)cc(-c2ccccc2)cc1Cl. The van der Waals surface area contributed by atoms with E-state index < -0.39 is 17.9 Å². The smallest absolute Gasteiger partial charge is 0.329 e. The Bertz CT molecular complexity index is 728. The van der Waals surface area contributed by atoms with E-state index in [9.17, 15) is 9.59 Å². The summed E-state index contributed by atoms with van der Waals surface area (Å²) in [5.41, 5.74) is 7.26. The number of halogens is 2. The molecule has 7 heteroatoms. The minimum absolute atomic E-state index is 0.0837. The highest BCUT2D eigenvalue weighted by Gasteiger charge is 2.23. The minimum atomic E-state index is -0.969. The van der Waals surface area contributed by atoms with E-state index in [0.29, 0.717) is 0 Å². The second kappa shape index (κ2) is 8.15. The molecule has 1 amide bonds. The number of hydrogen-bond donors (Lipinski definition) is 2. The lowest BCUT2D eigenvalue weighted by Crippen LogP contribution is -2.46. The van der Waals surface area contributed by atoms with Gasteiger partial charge in [-0.05, 0) is 23.3 Å². The predicted molar refractivity (Wildman–Crippen MR) is 94.2 cm³/mol. The van der Waals surface area contributed by atoms with Crippen LogP contribution in [0, 0.1) is 0 Å². The third-order valence-electron chi connectivity index (χ3n) is 3.40. The van der Waals surface area contributed by atoms with Crippen molar-refractivity contribution < 1.29 is 14.3 Å². The molecule has 0 aromatic heterocycles. The van der Waals surface area contributed by atoms with Crippen LogP contribution in [-0.4, -0.2) is 31.6 Å². The van der Waals surface area contributed by atoms with Gasteiger partial charge in [0, 0.05) is 6.54 Å². The Kier molecular flexibility index (Phi) is 6.20. The number of methoxy groups -OCH3 is 1. The van der Waals surface area contributed by atoms with Crippen LogP contribution in [0.5, 0.6) is 0 Å². The number of nitrogens with one attached hydrogen (secondary N) is 1. The van der Waals surface area contributed by atoms with Gasteiger partial charge in [-0.25, -0.2) is 4.79 Å². The van der Waals surface area contributed by atoms with Gasteiger partial charge >= 0.3 is 5.97 Å². The lowest BCUT2D eigenvalue weighted by Gasteiger charge is -2.16. The largest absolute Gasteiger partial charge is 0.467 e. The molecule has 0 aliphatic heterocycles. The van der Waals surface area contributed by atoms with Crippen molar-refractivity contribution in [1.29, 1.82) is 0 Å². The van der Waals surface area contributed by atoms with Gasteiger partial charge in [-0.15, -0.1) is 0 Å². The Morgan fingerprint density at radius 3 is 2.21 bits per heavy atom. The van der Waals surface area contributed by atoms with Gasteiger partial charge < -0.3 is 15.8 Å². The molecule has 24 heavy (non-hydrogen) atoms. The number of nitrogens with two attached hydrogens (primary N) is 1. The molecular weight excluding hydrogens is 351 g/mol. The van der Waals surface area contributed by atoms with Gasteiger partial charge in [0.1, 0.15) is 6.04 Å². The number of hydrogen-bond acceptors (Lipinski definition) is 4. The van der Waals surface area contributed by atoms with E-state index in [2.05, 4.69) is 10.1 Å². The van der Waals surface area contributed by atoms with Crippen LogP contribution in [0.4, 0.5) is 0 Å². The average Bonchev–Trinajstić information content (AvgIpc) is 2.59. The molecule has 0 aliphatic rings. The molecule has 2 aromatic rings. The molecule has 2 rings (SSSR count). The van der Waals surface area contributed by atoms with Crippen molar-refractivity contribution in [1.82, 2.24) is 5.32 Å². The van der Waals surface area contributed by atoms with Crippen LogP contribution in [0.15, 0.2) is 42.5 Å². The standard InChI is InChI=1S/C17H16Cl2N2O3/c1-24-17(23)14(9-20)21-16(22)15-12(18)7-11(8-13(15)19)10-5-3-2-4-6-10/h2-8,14H,9,20H2,1H3,(H,21,22). The molecule has 3 N–H and O–H groups in total. The second-order valence-electron chi connectivity index (χ2n) is 4.97. The van der Waals surface area contributed by atoms with E-state index in [0.717, 1.165) is 11.1 Å². The maximum atomic E-state index is 12.4. The molecule has 5 nitrogen and oxygen atoms in total. The van der Waals surface area contributed by atoms with E-state index in [4.69, 9.17) is 28.9 Å². The number of rotatable bonds is 5. The fourth-order valence-corrected chi connectivity index (χ4v) is 2.83. The predicted octanol–water partition coefficient (Wildman–Crippen LogP) is 2.89. The van der Waals surface area contributed by atoms with Crippen LogP contribution in [-0.2, 0) is 9.53 Å². The van der Waals surface area contributed by atoms with Crippen molar-refractivity contribution >= 4 is 35.1 Å². The van der Waals surface area contributed by atoms with Gasteiger partial charge in [0.2, 0.25) is 0 Å². The van der Waals surface area contributed by atoms with Crippen molar-refractivity contribution in [2.75, 3.05) is 13.7 Å². The van der Waals surface area contributed by atoms with E-state index >= 15 is 0 Å². The average molecular weight is 367 g/mol. The summed E-state index contributed by atoms with van der Waals surface area (Å²) < 4.78 is 4.58. The fourth-order valence-electron chi connectivity index (χ4n) is 2.17. The third-order valence-corrected chi connectivity index (χ3v) is 4.00. The summed E-state index contributed by atoms with van der Waals surface area (Å²) in [5.74, 6) is -1.23. The van der Waals surface area contributed by atoms with Crippen LogP contribution < -0.4 is 11.1 Å². The fraction of sp³-hybridized carbons (Fsp3) is 0.176. The maximum Gasteiger partial charge on any atom is 0.329 e. The molecule has 0 heterocycles. The third kappa shape index (κ3) is 4.06. The van der Waals surface area contributed by atoms with E-state index in [-0.39, 0.29) is 22.2 Å². The highest BCUT2D eigenvalue weighted by atomic mass is 35.5. The van der Waals surface area contributed by atoms with Crippen molar-refractivity contribution in [3.8, 4) is 11.1 Å². The minimum Gasteiger partial charge on any atom is -0.467 e. The van der Waals surface area contributed by atoms with Crippen LogP contribution >= 0.6 is 23.2 Å². The Morgan fingerprint density at radius 2 is 1.71 bits per heavy atom. The van der Waals surface area contributed by atoms with Crippen LogP contribution in [0.25, 0.3) is 11.1 Å². The van der Waals surface area contributed by atoms with E-state index in [1.165, 1.54) is 7.11 Å². The second-order valence-corrected chi connectivity index (χ2v) is 5.78. The van der Waals surface area contributed by atoms with Gasteiger partial charge in [0.15, 0.2) is 0 Å². The summed E-state index contributed by atoms with van der Waals surface area (Å²) in [4.78, 5) is 23.9. The van der Waals surface area contributed by atoms with E-state index in [1.54, 1.807) is 12.1 Å². The molecule has 1 atom stereocenters. The van der Waals surface area contributed by atoms with Gasteiger partial charge in [-0.3, -0.25) is 4.79 Å². The first-order chi connectivity index (χ1) is 11.5. The monoisotopic (exact) mass is 366 g/mol. The molecule has 0 fully saturated rings. The molecule has 0 bridgehead atoms. The lowest BCUT2D eigenvalue weighted by atomic mass is 10.0.